The van der Waals surface area contributed by atoms with E-state index in [-0.39, 0.29) is 0 Å². The number of hydrogen-bond donors (Lipinski definition) is 1. The molecule has 0 saturated heterocycles. The summed E-state index contributed by atoms with van der Waals surface area (Å²) in [5.41, 5.74) is 2.47. The number of nitrogens with one attached hydrogen (secondary N) is 1. The fourth-order valence-electron chi connectivity index (χ4n) is 1.64. The van der Waals surface area contributed by atoms with Gasteiger partial charge >= 0.3 is 0 Å². The Labute approximate surface area is 90.4 Å². The summed E-state index contributed by atoms with van der Waals surface area (Å²) in [6, 6.07) is 10.4. The minimum absolute atomic E-state index is 0.368. The molecule has 1 atom stereocenters. The lowest BCUT2D eigenvalue weighted by molar-refractivity contribution is 0.879. The normalized spacial score (nSPS) is 12.7. The van der Waals surface area contributed by atoms with Crippen LogP contribution in [-0.2, 0) is 0 Å². The molecule has 0 saturated carbocycles. The van der Waals surface area contributed by atoms with Crippen LogP contribution in [0.5, 0.6) is 0 Å². The van der Waals surface area contributed by atoms with Gasteiger partial charge in [0.1, 0.15) is 5.82 Å². The zero-order valence-corrected chi connectivity index (χ0v) is 9.07. The van der Waals surface area contributed by atoms with Crippen molar-refractivity contribution in [1.29, 1.82) is 0 Å². The van der Waals surface area contributed by atoms with E-state index in [4.69, 9.17) is 0 Å². The maximum atomic E-state index is 4.27. The summed E-state index contributed by atoms with van der Waals surface area (Å²) in [7, 11) is 0. The van der Waals surface area contributed by atoms with Crippen LogP contribution in [0.15, 0.2) is 36.5 Å². The molecule has 0 aliphatic heterocycles. The Morgan fingerprint density at radius 1 is 1.27 bits per heavy atom. The summed E-state index contributed by atoms with van der Waals surface area (Å²) in [5, 5.41) is 0. The maximum absolute atomic E-state index is 4.27. The molecule has 0 aliphatic carbocycles. The van der Waals surface area contributed by atoms with Crippen molar-refractivity contribution in [3.05, 3.63) is 60.0 Å². The van der Waals surface area contributed by atoms with Crippen LogP contribution in [-0.4, -0.2) is 9.97 Å². The van der Waals surface area contributed by atoms with E-state index in [1.807, 2.05) is 25.6 Å². The number of aromatic amines is 1. The van der Waals surface area contributed by atoms with E-state index in [0.29, 0.717) is 5.92 Å². The molecule has 2 aromatic rings. The zero-order valence-electron chi connectivity index (χ0n) is 9.07. The summed E-state index contributed by atoms with van der Waals surface area (Å²) in [6.45, 7) is 4.16. The van der Waals surface area contributed by atoms with Crippen LogP contribution in [0.1, 0.15) is 36.8 Å². The van der Waals surface area contributed by atoms with Gasteiger partial charge in [0.15, 0.2) is 0 Å². The fourth-order valence-corrected chi connectivity index (χ4v) is 1.64. The predicted octanol–water partition coefficient (Wildman–Crippen LogP) is 3.13. The van der Waals surface area contributed by atoms with Crippen LogP contribution >= 0.6 is 0 Å². The third-order valence-corrected chi connectivity index (χ3v) is 2.65. The molecular formula is C13H15N2. The van der Waals surface area contributed by atoms with Gasteiger partial charge in [0.2, 0.25) is 0 Å². The molecule has 0 amide bonds. The molecule has 0 aliphatic rings. The van der Waals surface area contributed by atoms with Gasteiger partial charge in [-0.3, -0.25) is 0 Å². The Kier molecular flexibility index (Phi) is 2.86. The number of benzene rings is 1. The van der Waals surface area contributed by atoms with Crippen molar-refractivity contribution >= 4 is 0 Å². The highest BCUT2D eigenvalue weighted by Gasteiger charge is 2.10. The smallest absolute Gasteiger partial charge is 0.109 e. The highest BCUT2D eigenvalue weighted by molar-refractivity contribution is 5.27. The van der Waals surface area contributed by atoms with Gasteiger partial charge < -0.3 is 4.98 Å². The minimum Gasteiger partial charge on any atom is -0.345 e. The Bertz CT molecular complexity index is 417. The second kappa shape index (κ2) is 4.30. The Hall–Kier alpha value is -1.57. The summed E-state index contributed by atoms with van der Waals surface area (Å²) in [5.74, 6) is 1.31. The topological polar surface area (TPSA) is 28.7 Å². The first-order chi connectivity index (χ1) is 7.31. The number of H-pyrrole nitrogens is 1. The molecule has 1 heterocycles. The first-order valence-electron chi connectivity index (χ1n) is 5.20. The molecule has 0 spiro atoms. The predicted molar refractivity (Wildman–Crippen MR) is 61.6 cm³/mol. The molecule has 1 unspecified atom stereocenters. The van der Waals surface area contributed by atoms with Gasteiger partial charge in [-0.15, -0.1) is 0 Å². The molecule has 2 nitrogen and oxygen atoms in total. The Morgan fingerprint density at radius 2 is 2.00 bits per heavy atom. The van der Waals surface area contributed by atoms with Crippen LogP contribution < -0.4 is 0 Å². The van der Waals surface area contributed by atoms with E-state index < -0.39 is 0 Å². The van der Waals surface area contributed by atoms with E-state index in [2.05, 4.69) is 41.2 Å². The fraction of sp³-hybridized carbons (Fsp3) is 0.231. The van der Waals surface area contributed by atoms with E-state index >= 15 is 0 Å². The van der Waals surface area contributed by atoms with Crippen molar-refractivity contribution in [2.45, 2.75) is 19.8 Å². The highest BCUT2D eigenvalue weighted by atomic mass is 14.9. The van der Waals surface area contributed by atoms with E-state index in [9.17, 15) is 0 Å². The van der Waals surface area contributed by atoms with Crippen molar-refractivity contribution < 1.29 is 0 Å². The first kappa shape index (κ1) is 9.97. The van der Waals surface area contributed by atoms with Gasteiger partial charge in [-0.25, -0.2) is 4.98 Å². The van der Waals surface area contributed by atoms with Crippen LogP contribution in [0.25, 0.3) is 0 Å². The Morgan fingerprint density at radius 3 is 2.60 bits per heavy atom. The lowest BCUT2D eigenvalue weighted by Crippen LogP contribution is -1.96. The molecule has 0 fully saturated rings. The van der Waals surface area contributed by atoms with Gasteiger partial charge in [0.05, 0.1) is 0 Å². The maximum Gasteiger partial charge on any atom is 0.109 e. The number of hydrogen-bond acceptors (Lipinski definition) is 1. The highest BCUT2D eigenvalue weighted by Crippen LogP contribution is 2.22. The van der Waals surface area contributed by atoms with Crippen molar-refractivity contribution in [2.24, 2.45) is 0 Å². The zero-order chi connectivity index (χ0) is 10.7. The third kappa shape index (κ3) is 2.09. The lowest BCUT2D eigenvalue weighted by atomic mass is 9.99. The first-order valence-corrected chi connectivity index (χ1v) is 5.20. The summed E-state index contributed by atoms with van der Waals surface area (Å²) in [4.78, 5) is 7.56. The van der Waals surface area contributed by atoms with Gasteiger partial charge in [-0.2, -0.15) is 0 Å². The quantitative estimate of drug-likeness (QED) is 0.808. The minimum atomic E-state index is 0.368. The van der Waals surface area contributed by atoms with E-state index in [0.717, 1.165) is 11.5 Å². The van der Waals surface area contributed by atoms with Gasteiger partial charge in [0.25, 0.3) is 0 Å². The summed E-state index contributed by atoms with van der Waals surface area (Å²) >= 11 is 0. The molecule has 2 heteroatoms. The molecule has 77 valence electrons. The van der Waals surface area contributed by atoms with Crippen LogP contribution in [0.4, 0.5) is 0 Å². The standard InChI is InChI=1S/C13H15N2/c1-3-13-14-9-12(15-13)10(2)11-7-5-4-6-8-11/h3-10H,1-2H3,(H,14,15). The van der Waals surface area contributed by atoms with Gasteiger partial charge in [0, 0.05) is 24.2 Å². The molecule has 1 N–H and O–H groups in total. The molecule has 2 rings (SSSR count). The lowest BCUT2D eigenvalue weighted by Gasteiger charge is -2.08. The van der Waals surface area contributed by atoms with E-state index in [1.165, 1.54) is 5.56 Å². The molecule has 0 bridgehead atoms. The largest absolute Gasteiger partial charge is 0.345 e. The number of imidazole rings is 1. The SMILES string of the molecule is C[CH]c1ncc(C(C)c2ccccc2)[nH]1. The van der Waals surface area contributed by atoms with Crippen molar-refractivity contribution in [3.8, 4) is 0 Å². The molecular weight excluding hydrogens is 184 g/mol. The number of aromatic nitrogens is 2. The van der Waals surface area contributed by atoms with Gasteiger partial charge in [-0.05, 0) is 5.56 Å². The van der Waals surface area contributed by atoms with Crippen LogP contribution in [0, 0.1) is 6.42 Å². The molecule has 1 aromatic heterocycles. The summed E-state index contributed by atoms with van der Waals surface area (Å²) < 4.78 is 0. The van der Waals surface area contributed by atoms with Crippen molar-refractivity contribution in [2.75, 3.05) is 0 Å². The van der Waals surface area contributed by atoms with Crippen molar-refractivity contribution in [3.63, 3.8) is 0 Å². The van der Waals surface area contributed by atoms with Crippen molar-refractivity contribution in [1.82, 2.24) is 9.97 Å². The third-order valence-electron chi connectivity index (χ3n) is 2.65. The Balaban J connectivity index is 2.24. The monoisotopic (exact) mass is 199 g/mol. The summed E-state index contributed by atoms with van der Waals surface area (Å²) in [6.07, 6.45) is 3.88. The second-order valence-corrected chi connectivity index (χ2v) is 3.64. The van der Waals surface area contributed by atoms with Gasteiger partial charge in [-0.1, -0.05) is 44.2 Å². The molecule has 1 aromatic carbocycles. The van der Waals surface area contributed by atoms with Crippen LogP contribution in [0.3, 0.4) is 0 Å². The average molecular weight is 199 g/mol. The molecule has 15 heavy (non-hydrogen) atoms. The second-order valence-electron chi connectivity index (χ2n) is 3.64. The van der Waals surface area contributed by atoms with Crippen LogP contribution in [0.2, 0.25) is 0 Å². The van der Waals surface area contributed by atoms with E-state index in [1.54, 1.807) is 0 Å². The number of nitrogens with zero attached hydrogens (tertiary/aromatic N) is 1. The number of rotatable bonds is 3. The average Bonchev–Trinajstić information content (AvgIpc) is 2.78. The molecule has 1 radical (unpaired) electrons.